The van der Waals surface area contributed by atoms with Gasteiger partial charge in [0.05, 0.1) is 0 Å². The van der Waals surface area contributed by atoms with Crippen LogP contribution in [-0.2, 0) is 0 Å². The van der Waals surface area contributed by atoms with Gasteiger partial charge in [-0.05, 0) is 115 Å². The summed E-state index contributed by atoms with van der Waals surface area (Å²) in [5.74, 6) is 0. The summed E-state index contributed by atoms with van der Waals surface area (Å²) in [6.07, 6.45) is 0. The van der Waals surface area contributed by atoms with Crippen LogP contribution in [0.15, 0.2) is 224 Å². The number of hydrogen-bond donors (Lipinski definition) is 0. The van der Waals surface area contributed by atoms with E-state index >= 15 is 0 Å². The molecule has 1 nitrogen and oxygen atoms in total. The molecule has 0 bridgehead atoms. The van der Waals surface area contributed by atoms with Gasteiger partial charge in [0.1, 0.15) is 0 Å². The van der Waals surface area contributed by atoms with Crippen LogP contribution in [0.25, 0.3) is 66.4 Å². The molecule has 0 unspecified atom stereocenters. The number of rotatable bonds is 8. The lowest BCUT2D eigenvalue weighted by atomic mass is 9.94. The summed E-state index contributed by atoms with van der Waals surface area (Å²) in [5.41, 5.74) is 15.4. The van der Waals surface area contributed by atoms with Gasteiger partial charge in [0, 0.05) is 17.1 Å². The zero-order valence-electron chi connectivity index (χ0n) is 29.3. The van der Waals surface area contributed by atoms with Gasteiger partial charge in [0.25, 0.3) is 0 Å². The standard InChI is InChI=1S/C52H37N/c1-3-14-42(15-4-1)51-23-9-10-24-52(51)47-19-12-22-50(37-47)53(48-20-5-2-6-21-48)49-33-31-40(32-34-49)39-25-27-41(28-26-39)44-17-11-18-45(35-44)46-30-29-38-13-7-8-16-43(38)36-46/h1-37H. The molecule has 0 atom stereocenters. The van der Waals surface area contributed by atoms with Crippen LogP contribution in [0, 0.1) is 0 Å². The summed E-state index contributed by atoms with van der Waals surface area (Å²) in [6, 6.07) is 80.7. The average Bonchev–Trinajstić information content (AvgIpc) is 3.25. The predicted octanol–water partition coefficient (Wildman–Crippen LogP) is 14.6. The van der Waals surface area contributed by atoms with Crippen molar-refractivity contribution < 1.29 is 0 Å². The van der Waals surface area contributed by atoms with Gasteiger partial charge in [0.2, 0.25) is 0 Å². The molecule has 0 aliphatic heterocycles. The van der Waals surface area contributed by atoms with Crippen LogP contribution in [-0.4, -0.2) is 0 Å². The van der Waals surface area contributed by atoms with E-state index in [1.807, 2.05) is 0 Å². The zero-order chi connectivity index (χ0) is 35.4. The van der Waals surface area contributed by atoms with Gasteiger partial charge in [-0.2, -0.15) is 0 Å². The molecule has 250 valence electrons. The molecule has 0 N–H and O–H groups in total. The molecule has 53 heavy (non-hydrogen) atoms. The molecular formula is C52H37N. The normalized spacial score (nSPS) is 11.0. The van der Waals surface area contributed by atoms with Crippen molar-refractivity contribution in [2.24, 2.45) is 0 Å². The largest absolute Gasteiger partial charge is 0.310 e. The molecule has 9 aromatic rings. The van der Waals surface area contributed by atoms with E-state index in [1.54, 1.807) is 0 Å². The minimum Gasteiger partial charge on any atom is -0.310 e. The Morgan fingerprint density at radius 2 is 0.642 bits per heavy atom. The Morgan fingerprint density at radius 1 is 0.208 bits per heavy atom. The van der Waals surface area contributed by atoms with Gasteiger partial charge in [-0.3, -0.25) is 0 Å². The van der Waals surface area contributed by atoms with Crippen molar-refractivity contribution in [3.8, 4) is 55.6 Å². The summed E-state index contributed by atoms with van der Waals surface area (Å²) in [6.45, 7) is 0. The summed E-state index contributed by atoms with van der Waals surface area (Å²) in [5, 5.41) is 2.52. The van der Waals surface area contributed by atoms with Crippen molar-refractivity contribution in [3.05, 3.63) is 224 Å². The molecule has 0 fully saturated rings. The van der Waals surface area contributed by atoms with E-state index < -0.39 is 0 Å². The second kappa shape index (κ2) is 14.3. The zero-order valence-corrected chi connectivity index (χ0v) is 29.3. The fourth-order valence-corrected chi connectivity index (χ4v) is 7.35. The van der Waals surface area contributed by atoms with E-state index in [9.17, 15) is 0 Å². The first-order valence-corrected chi connectivity index (χ1v) is 18.2. The highest BCUT2D eigenvalue weighted by Gasteiger charge is 2.15. The maximum atomic E-state index is 2.34. The molecule has 0 heterocycles. The van der Waals surface area contributed by atoms with E-state index in [0.29, 0.717) is 0 Å². The van der Waals surface area contributed by atoms with Crippen LogP contribution in [0.3, 0.4) is 0 Å². The Labute approximate surface area is 311 Å². The smallest absolute Gasteiger partial charge is 0.0467 e. The van der Waals surface area contributed by atoms with E-state index in [0.717, 1.165) is 17.1 Å². The molecule has 9 aromatic carbocycles. The molecule has 0 saturated carbocycles. The van der Waals surface area contributed by atoms with E-state index in [-0.39, 0.29) is 0 Å². The van der Waals surface area contributed by atoms with E-state index in [2.05, 4.69) is 229 Å². The van der Waals surface area contributed by atoms with Gasteiger partial charge in [0.15, 0.2) is 0 Å². The van der Waals surface area contributed by atoms with Crippen LogP contribution < -0.4 is 4.90 Å². The fraction of sp³-hybridized carbons (Fsp3) is 0. The molecule has 9 rings (SSSR count). The van der Waals surface area contributed by atoms with Gasteiger partial charge in [-0.25, -0.2) is 0 Å². The van der Waals surface area contributed by atoms with Crippen LogP contribution in [0.4, 0.5) is 17.1 Å². The third-order valence-corrected chi connectivity index (χ3v) is 10.1. The highest BCUT2D eigenvalue weighted by atomic mass is 15.1. The summed E-state index contributed by atoms with van der Waals surface area (Å²) < 4.78 is 0. The molecular weight excluding hydrogens is 639 g/mol. The SMILES string of the molecule is c1ccc(-c2ccccc2-c2cccc(N(c3ccccc3)c3ccc(-c4ccc(-c5cccc(-c6ccc7ccccc7c6)c5)cc4)cc3)c2)cc1. The Balaban J connectivity index is 1.00. The Hall–Kier alpha value is -6.96. The van der Waals surface area contributed by atoms with Gasteiger partial charge in [-0.1, -0.05) is 176 Å². The second-order valence-electron chi connectivity index (χ2n) is 13.4. The molecule has 1 heteroatoms. The summed E-state index contributed by atoms with van der Waals surface area (Å²) in [7, 11) is 0. The minimum absolute atomic E-state index is 1.11. The van der Waals surface area contributed by atoms with Gasteiger partial charge >= 0.3 is 0 Å². The van der Waals surface area contributed by atoms with Crippen molar-refractivity contribution in [2.45, 2.75) is 0 Å². The van der Waals surface area contributed by atoms with Gasteiger partial charge < -0.3 is 4.90 Å². The molecule has 0 amide bonds. The number of nitrogens with zero attached hydrogens (tertiary/aromatic N) is 1. The number of fused-ring (bicyclic) bond motifs is 1. The van der Waals surface area contributed by atoms with Crippen molar-refractivity contribution in [1.29, 1.82) is 0 Å². The van der Waals surface area contributed by atoms with Crippen LogP contribution >= 0.6 is 0 Å². The first-order chi connectivity index (χ1) is 26.3. The first kappa shape index (κ1) is 32.0. The lowest BCUT2D eigenvalue weighted by Gasteiger charge is -2.26. The average molecular weight is 676 g/mol. The topological polar surface area (TPSA) is 3.24 Å². The quantitative estimate of drug-likeness (QED) is 0.155. The Morgan fingerprint density at radius 3 is 1.36 bits per heavy atom. The van der Waals surface area contributed by atoms with Crippen LogP contribution in [0.2, 0.25) is 0 Å². The molecule has 0 spiro atoms. The number of hydrogen-bond acceptors (Lipinski definition) is 1. The summed E-state index contributed by atoms with van der Waals surface area (Å²) >= 11 is 0. The van der Waals surface area contributed by atoms with Crippen LogP contribution in [0.1, 0.15) is 0 Å². The lowest BCUT2D eigenvalue weighted by Crippen LogP contribution is -2.09. The van der Waals surface area contributed by atoms with Crippen molar-refractivity contribution in [2.75, 3.05) is 4.90 Å². The molecule has 0 saturated heterocycles. The minimum atomic E-state index is 1.11. The van der Waals surface area contributed by atoms with E-state index in [4.69, 9.17) is 0 Å². The molecule has 0 aliphatic rings. The molecule has 0 aromatic heterocycles. The maximum Gasteiger partial charge on any atom is 0.0467 e. The highest BCUT2D eigenvalue weighted by Crippen LogP contribution is 2.39. The van der Waals surface area contributed by atoms with Gasteiger partial charge in [-0.15, -0.1) is 0 Å². The van der Waals surface area contributed by atoms with Crippen molar-refractivity contribution in [1.82, 2.24) is 0 Å². The van der Waals surface area contributed by atoms with Crippen molar-refractivity contribution >= 4 is 27.8 Å². The molecule has 0 radical (unpaired) electrons. The number of anilines is 3. The third kappa shape index (κ3) is 6.65. The second-order valence-corrected chi connectivity index (χ2v) is 13.4. The van der Waals surface area contributed by atoms with Crippen LogP contribution in [0.5, 0.6) is 0 Å². The third-order valence-electron chi connectivity index (χ3n) is 10.1. The number of para-hydroxylation sites is 1. The Bertz CT molecular complexity index is 2640. The maximum absolute atomic E-state index is 2.34. The first-order valence-electron chi connectivity index (χ1n) is 18.2. The number of benzene rings is 9. The highest BCUT2D eigenvalue weighted by molar-refractivity contribution is 5.89. The lowest BCUT2D eigenvalue weighted by molar-refractivity contribution is 1.28. The van der Waals surface area contributed by atoms with E-state index in [1.165, 1.54) is 66.4 Å². The monoisotopic (exact) mass is 675 g/mol. The van der Waals surface area contributed by atoms with Crippen molar-refractivity contribution in [3.63, 3.8) is 0 Å². The Kier molecular flexibility index (Phi) is 8.66. The predicted molar refractivity (Wildman–Crippen MR) is 226 cm³/mol. The summed E-state index contributed by atoms with van der Waals surface area (Å²) in [4.78, 5) is 2.34. The fourth-order valence-electron chi connectivity index (χ4n) is 7.35. The molecule has 0 aliphatic carbocycles.